The van der Waals surface area contributed by atoms with Crippen molar-refractivity contribution in [2.24, 2.45) is 5.92 Å². The molecule has 1 aromatic carbocycles. The summed E-state index contributed by atoms with van der Waals surface area (Å²) in [6.45, 7) is 1.44. The standard InChI is InChI=1S/C15H17NO2/c1-3-4-6-11-14(12(2)17)15(18)16-13-9-7-5-8-10-13/h1,5,7-10,14H,4,6,11H2,2H3,(H,16,18). The number of anilines is 1. The van der Waals surface area contributed by atoms with E-state index in [1.165, 1.54) is 6.92 Å². The van der Waals surface area contributed by atoms with E-state index in [1.807, 2.05) is 18.2 Å². The van der Waals surface area contributed by atoms with E-state index in [9.17, 15) is 9.59 Å². The first-order valence-corrected chi connectivity index (χ1v) is 5.95. The molecule has 0 heterocycles. The maximum Gasteiger partial charge on any atom is 0.234 e. The molecule has 1 unspecified atom stereocenters. The Balaban J connectivity index is 2.60. The highest BCUT2D eigenvalue weighted by Gasteiger charge is 2.22. The molecule has 1 rings (SSSR count). The van der Waals surface area contributed by atoms with Gasteiger partial charge in [-0.3, -0.25) is 9.59 Å². The van der Waals surface area contributed by atoms with Crippen molar-refractivity contribution < 1.29 is 9.59 Å². The maximum absolute atomic E-state index is 12.0. The molecule has 0 saturated heterocycles. The van der Waals surface area contributed by atoms with E-state index >= 15 is 0 Å². The number of carbonyl (C=O) groups excluding carboxylic acids is 2. The molecular formula is C15H17NO2. The highest BCUT2D eigenvalue weighted by Crippen LogP contribution is 2.14. The fourth-order valence-corrected chi connectivity index (χ4v) is 1.68. The molecule has 18 heavy (non-hydrogen) atoms. The molecule has 1 aromatic rings. The number of para-hydroxylation sites is 1. The quantitative estimate of drug-likeness (QED) is 0.474. The van der Waals surface area contributed by atoms with Crippen molar-refractivity contribution in [3.05, 3.63) is 30.3 Å². The van der Waals surface area contributed by atoms with Crippen molar-refractivity contribution >= 4 is 17.4 Å². The zero-order valence-corrected chi connectivity index (χ0v) is 10.5. The Kier molecular flexibility index (Phi) is 5.66. The lowest BCUT2D eigenvalue weighted by molar-refractivity contribution is -0.130. The van der Waals surface area contributed by atoms with Crippen LogP contribution in [0.3, 0.4) is 0 Å². The molecular weight excluding hydrogens is 226 g/mol. The van der Waals surface area contributed by atoms with Crippen molar-refractivity contribution in [1.29, 1.82) is 0 Å². The summed E-state index contributed by atoms with van der Waals surface area (Å²) in [6.07, 6.45) is 6.92. The van der Waals surface area contributed by atoms with Crippen LogP contribution >= 0.6 is 0 Å². The Hall–Kier alpha value is -2.08. The molecule has 0 aromatic heterocycles. The maximum atomic E-state index is 12.0. The van der Waals surface area contributed by atoms with Crippen LogP contribution in [0.4, 0.5) is 5.69 Å². The van der Waals surface area contributed by atoms with Crippen LogP contribution in [-0.2, 0) is 9.59 Å². The van der Waals surface area contributed by atoms with Crippen molar-refractivity contribution in [3.63, 3.8) is 0 Å². The van der Waals surface area contributed by atoms with Gasteiger partial charge in [0.25, 0.3) is 0 Å². The van der Waals surface area contributed by atoms with Gasteiger partial charge in [-0.15, -0.1) is 12.3 Å². The molecule has 0 bridgehead atoms. The number of terminal acetylenes is 1. The van der Waals surface area contributed by atoms with Crippen molar-refractivity contribution in [3.8, 4) is 12.3 Å². The minimum absolute atomic E-state index is 0.125. The van der Waals surface area contributed by atoms with Gasteiger partial charge < -0.3 is 5.32 Å². The fraction of sp³-hybridized carbons (Fsp3) is 0.333. The summed E-state index contributed by atoms with van der Waals surface area (Å²) in [5.74, 6) is 1.51. The number of hydrogen-bond donors (Lipinski definition) is 1. The van der Waals surface area contributed by atoms with Gasteiger partial charge in [-0.2, -0.15) is 0 Å². The van der Waals surface area contributed by atoms with E-state index < -0.39 is 5.92 Å². The average molecular weight is 243 g/mol. The number of ketones is 1. The number of unbranched alkanes of at least 4 members (excludes halogenated alkanes) is 1. The molecule has 1 amide bonds. The number of benzene rings is 1. The number of amides is 1. The summed E-state index contributed by atoms with van der Waals surface area (Å²) in [5, 5.41) is 2.74. The molecule has 1 N–H and O–H groups in total. The van der Waals surface area contributed by atoms with Crippen LogP contribution in [0.1, 0.15) is 26.2 Å². The molecule has 0 fully saturated rings. The first-order chi connectivity index (χ1) is 8.65. The molecule has 0 aliphatic heterocycles. The van der Waals surface area contributed by atoms with Gasteiger partial charge in [0.05, 0.1) is 5.92 Å². The predicted molar refractivity (Wildman–Crippen MR) is 71.9 cm³/mol. The van der Waals surface area contributed by atoms with Gasteiger partial charge in [0.2, 0.25) is 5.91 Å². The van der Waals surface area contributed by atoms with E-state index in [4.69, 9.17) is 6.42 Å². The summed E-state index contributed by atoms with van der Waals surface area (Å²) in [5.41, 5.74) is 0.700. The SMILES string of the molecule is C#CCCCC(C(C)=O)C(=O)Nc1ccccc1. The first-order valence-electron chi connectivity index (χ1n) is 5.95. The summed E-state index contributed by atoms with van der Waals surface area (Å²) < 4.78 is 0. The fourth-order valence-electron chi connectivity index (χ4n) is 1.68. The van der Waals surface area contributed by atoms with Crippen molar-refractivity contribution in [2.75, 3.05) is 5.32 Å². The van der Waals surface area contributed by atoms with Gasteiger partial charge in [0.1, 0.15) is 5.78 Å². The normalized spacial score (nSPS) is 11.3. The third kappa shape index (κ3) is 4.42. The number of Topliss-reactive ketones (excluding diaryl/α,β-unsaturated/α-hetero) is 1. The molecule has 3 nitrogen and oxygen atoms in total. The minimum atomic E-state index is -0.612. The van der Waals surface area contributed by atoms with Crippen LogP contribution in [0.15, 0.2) is 30.3 Å². The minimum Gasteiger partial charge on any atom is -0.325 e. The molecule has 1 atom stereocenters. The molecule has 0 aliphatic carbocycles. The van der Waals surface area contributed by atoms with E-state index in [0.717, 1.165) is 0 Å². The third-order valence-corrected chi connectivity index (χ3v) is 2.66. The van der Waals surface area contributed by atoms with Crippen LogP contribution in [0, 0.1) is 18.3 Å². The molecule has 94 valence electrons. The van der Waals surface area contributed by atoms with Gasteiger partial charge in [0, 0.05) is 12.1 Å². The second-order valence-corrected chi connectivity index (χ2v) is 4.11. The summed E-state index contributed by atoms with van der Waals surface area (Å²) >= 11 is 0. The highest BCUT2D eigenvalue weighted by atomic mass is 16.2. The van der Waals surface area contributed by atoms with Crippen LogP contribution in [0.2, 0.25) is 0 Å². The van der Waals surface area contributed by atoms with Gasteiger partial charge in [0.15, 0.2) is 0 Å². The Labute approximate surface area is 108 Å². The molecule has 3 heteroatoms. The third-order valence-electron chi connectivity index (χ3n) is 2.66. The molecule has 0 spiro atoms. The van der Waals surface area contributed by atoms with Gasteiger partial charge >= 0.3 is 0 Å². The average Bonchev–Trinajstić information content (AvgIpc) is 2.35. The van der Waals surface area contributed by atoms with Crippen LogP contribution in [-0.4, -0.2) is 11.7 Å². The van der Waals surface area contributed by atoms with E-state index in [0.29, 0.717) is 24.9 Å². The first kappa shape index (κ1) is 14.0. The zero-order valence-electron chi connectivity index (χ0n) is 10.5. The molecule has 0 saturated carbocycles. The lowest BCUT2D eigenvalue weighted by Crippen LogP contribution is -2.28. The van der Waals surface area contributed by atoms with Gasteiger partial charge in [-0.1, -0.05) is 18.2 Å². The van der Waals surface area contributed by atoms with E-state index in [2.05, 4.69) is 11.2 Å². The monoisotopic (exact) mass is 243 g/mol. The second-order valence-electron chi connectivity index (χ2n) is 4.11. The Bertz CT molecular complexity index is 445. The topological polar surface area (TPSA) is 46.2 Å². The van der Waals surface area contributed by atoms with Crippen molar-refractivity contribution in [2.45, 2.75) is 26.2 Å². The predicted octanol–water partition coefficient (Wildman–Crippen LogP) is 2.63. The number of nitrogens with one attached hydrogen (secondary N) is 1. The molecule has 0 aliphatic rings. The highest BCUT2D eigenvalue weighted by molar-refractivity contribution is 6.06. The summed E-state index contributed by atoms with van der Waals surface area (Å²) in [4.78, 5) is 23.4. The smallest absolute Gasteiger partial charge is 0.234 e. The van der Waals surface area contributed by atoms with Crippen LogP contribution < -0.4 is 5.32 Å². The van der Waals surface area contributed by atoms with Crippen LogP contribution in [0.5, 0.6) is 0 Å². The van der Waals surface area contributed by atoms with Gasteiger partial charge in [-0.25, -0.2) is 0 Å². The molecule has 0 radical (unpaired) electrons. The second kappa shape index (κ2) is 7.29. The Morgan fingerprint density at radius 3 is 2.56 bits per heavy atom. The number of carbonyl (C=O) groups is 2. The lowest BCUT2D eigenvalue weighted by atomic mass is 9.97. The Morgan fingerprint density at radius 1 is 1.33 bits per heavy atom. The summed E-state index contributed by atoms with van der Waals surface area (Å²) in [6, 6.07) is 9.10. The van der Waals surface area contributed by atoms with E-state index in [1.54, 1.807) is 12.1 Å². The zero-order chi connectivity index (χ0) is 13.4. The Morgan fingerprint density at radius 2 is 2.00 bits per heavy atom. The van der Waals surface area contributed by atoms with Crippen LogP contribution in [0.25, 0.3) is 0 Å². The summed E-state index contributed by atoms with van der Waals surface area (Å²) in [7, 11) is 0. The van der Waals surface area contributed by atoms with E-state index in [-0.39, 0.29) is 11.7 Å². The number of hydrogen-bond acceptors (Lipinski definition) is 2. The lowest BCUT2D eigenvalue weighted by Gasteiger charge is -2.13. The van der Waals surface area contributed by atoms with Crippen molar-refractivity contribution in [1.82, 2.24) is 0 Å². The van der Waals surface area contributed by atoms with Gasteiger partial charge in [-0.05, 0) is 31.9 Å². The largest absolute Gasteiger partial charge is 0.325 e. The number of rotatable bonds is 6.